The van der Waals surface area contributed by atoms with Crippen LogP contribution in [0.25, 0.3) is 0 Å². The quantitative estimate of drug-likeness (QED) is 0.281. The molecule has 10 heteroatoms. The van der Waals surface area contributed by atoms with Crippen LogP contribution in [-0.2, 0) is 31.3 Å². The van der Waals surface area contributed by atoms with Crippen LogP contribution in [-0.4, -0.2) is 63.8 Å². The van der Waals surface area contributed by atoms with Crippen LogP contribution in [0, 0.1) is 5.92 Å². The Hall–Kier alpha value is -3.99. The zero-order valence-corrected chi connectivity index (χ0v) is 30.7. The highest BCUT2D eigenvalue weighted by Gasteiger charge is 2.66. The third-order valence-electron chi connectivity index (χ3n) is 11.8. The van der Waals surface area contributed by atoms with Crippen LogP contribution in [0.5, 0.6) is 5.75 Å². The first-order valence-corrected chi connectivity index (χ1v) is 21.3. The van der Waals surface area contributed by atoms with Gasteiger partial charge in [-0.15, -0.1) is 0 Å². The number of aliphatic hydroxyl groups excluding tert-OH is 1. The molecule has 264 valence electrons. The van der Waals surface area contributed by atoms with Crippen LogP contribution < -0.4 is 24.6 Å². The van der Waals surface area contributed by atoms with Crippen molar-refractivity contribution in [1.82, 2.24) is 0 Å². The van der Waals surface area contributed by atoms with E-state index in [4.69, 9.17) is 9.47 Å². The molecule has 0 saturated carbocycles. The van der Waals surface area contributed by atoms with Crippen molar-refractivity contribution in [3.63, 3.8) is 0 Å². The van der Waals surface area contributed by atoms with Crippen molar-refractivity contribution in [3.8, 4) is 5.75 Å². The van der Waals surface area contributed by atoms with Gasteiger partial charge in [-0.05, 0) is 85.7 Å². The molecule has 0 aromatic heterocycles. The second-order valence-electron chi connectivity index (χ2n) is 14.9. The second kappa shape index (κ2) is 13.6. The number of carbonyl (C=O) groups is 3. The normalized spacial score (nSPS) is 25.5. The van der Waals surface area contributed by atoms with E-state index in [-0.39, 0.29) is 41.9 Å². The third-order valence-corrected chi connectivity index (χ3v) is 16.1. The smallest absolute Gasteiger partial charge is 0.264 e. The summed E-state index contributed by atoms with van der Waals surface area (Å²) in [6.07, 6.45) is 4.84. The van der Waals surface area contributed by atoms with Crippen molar-refractivity contribution in [2.75, 3.05) is 41.5 Å². The first-order valence-electron chi connectivity index (χ1n) is 18.2. The van der Waals surface area contributed by atoms with E-state index in [9.17, 15) is 14.7 Å². The summed E-state index contributed by atoms with van der Waals surface area (Å²) in [7, 11) is -0.678. The zero-order valence-electron chi connectivity index (χ0n) is 29.7. The Bertz CT molecular complexity index is 1780. The monoisotopic (exact) mass is 695 g/mol. The van der Waals surface area contributed by atoms with E-state index >= 15 is 4.79 Å². The second-order valence-corrected chi connectivity index (χ2v) is 19.6. The average Bonchev–Trinajstić information content (AvgIpc) is 3.55. The van der Waals surface area contributed by atoms with Gasteiger partial charge in [0.15, 0.2) is 5.60 Å². The fraction of sp³-hybridized carbons (Fsp3) is 0.475. The van der Waals surface area contributed by atoms with Crippen LogP contribution in [0.3, 0.4) is 0 Å². The van der Waals surface area contributed by atoms with Crippen LogP contribution in [0.4, 0.5) is 17.1 Å². The first kappa shape index (κ1) is 34.5. The maximum absolute atomic E-state index is 15.2. The molecular formula is C40H49N3O6Si. The summed E-state index contributed by atoms with van der Waals surface area (Å²) in [5.74, 6) is 0.685. The predicted octanol–water partition coefficient (Wildman–Crippen LogP) is 5.87. The van der Waals surface area contributed by atoms with Gasteiger partial charge in [-0.25, -0.2) is 0 Å². The molecule has 1 N–H and O–H groups in total. The van der Waals surface area contributed by atoms with Gasteiger partial charge < -0.3 is 29.3 Å². The van der Waals surface area contributed by atoms with E-state index in [1.54, 1.807) is 7.11 Å². The molecule has 1 spiro atoms. The van der Waals surface area contributed by atoms with Gasteiger partial charge in [0.05, 0.1) is 33.5 Å². The van der Waals surface area contributed by atoms with Crippen LogP contribution in [0.15, 0.2) is 66.7 Å². The van der Waals surface area contributed by atoms with Crippen molar-refractivity contribution >= 4 is 48.0 Å². The highest BCUT2D eigenvalue weighted by Crippen LogP contribution is 2.60. The van der Waals surface area contributed by atoms with Crippen molar-refractivity contribution in [1.29, 1.82) is 0 Å². The van der Waals surface area contributed by atoms with Gasteiger partial charge in [0.2, 0.25) is 11.8 Å². The van der Waals surface area contributed by atoms with Gasteiger partial charge in [-0.3, -0.25) is 14.4 Å². The Labute approximate surface area is 296 Å². The molecule has 0 aliphatic carbocycles. The molecule has 3 amide bonds. The lowest BCUT2D eigenvalue weighted by molar-refractivity contribution is -0.146. The third kappa shape index (κ3) is 5.75. The summed E-state index contributed by atoms with van der Waals surface area (Å²) in [4.78, 5) is 46.7. The maximum Gasteiger partial charge on any atom is 0.264 e. The largest absolute Gasteiger partial charge is 0.497 e. The van der Waals surface area contributed by atoms with Gasteiger partial charge in [-0.2, -0.15) is 0 Å². The van der Waals surface area contributed by atoms with Crippen molar-refractivity contribution in [3.05, 3.63) is 77.9 Å². The number of amides is 3. The number of benzene rings is 3. The molecule has 4 atom stereocenters. The molecule has 0 unspecified atom stereocenters. The average molecular weight is 696 g/mol. The molecule has 4 aliphatic rings. The predicted molar refractivity (Wildman–Crippen MR) is 198 cm³/mol. The number of piperidine rings is 2. The Balaban J connectivity index is 1.31. The molecule has 9 nitrogen and oxygen atoms in total. The summed E-state index contributed by atoms with van der Waals surface area (Å²) in [5, 5.41) is 11.6. The molecule has 4 aliphatic heterocycles. The number of hydrogen-bond donors (Lipinski definition) is 1. The lowest BCUT2D eigenvalue weighted by Crippen LogP contribution is -2.51. The number of carbonyl (C=O) groups excluding carboxylic acids is 3. The summed E-state index contributed by atoms with van der Waals surface area (Å²) in [6.45, 7) is 8.42. The highest BCUT2D eigenvalue weighted by molar-refractivity contribution is 6.91. The minimum absolute atomic E-state index is 0.00788. The Morgan fingerprint density at radius 3 is 2.16 bits per heavy atom. The molecule has 7 rings (SSSR count). The zero-order chi connectivity index (χ0) is 35.2. The van der Waals surface area contributed by atoms with E-state index in [1.807, 2.05) is 69.3 Å². The highest BCUT2D eigenvalue weighted by atomic mass is 28.3. The molecule has 4 heterocycles. The van der Waals surface area contributed by atoms with Gasteiger partial charge in [0, 0.05) is 55.4 Å². The lowest BCUT2D eigenvalue weighted by atomic mass is 9.82. The summed E-state index contributed by atoms with van der Waals surface area (Å²) < 4.78 is 12.6. The van der Waals surface area contributed by atoms with E-state index in [0.29, 0.717) is 38.9 Å². The molecule has 3 saturated heterocycles. The molecule has 0 radical (unpaired) electrons. The van der Waals surface area contributed by atoms with Gasteiger partial charge >= 0.3 is 0 Å². The minimum atomic E-state index is -2.34. The topological polar surface area (TPSA) is 99.6 Å². The maximum atomic E-state index is 15.2. The number of anilines is 3. The minimum Gasteiger partial charge on any atom is -0.497 e. The number of rotatable bonds is 9. The molecule has 3 fully saturated rings. The number of aliphatic hydroxyl groups is 1. The molecule has 3 aromatic rings. The van der Waals surface area contributed by atoms with Crippen LogP contribution in [0.2, 0.25) is 18.6 Å². The van der Waals surface area contributed by atoms with Crippen molar-refractivity contribution < 1.29 is 29.0 Å². The fourth-order valence-corrected chi connectivity index (χ4v) is 13.2. The van der Waals surface area contributed by atoms with Crippen LogP contribution in [0.1, 0.15) is 63.0 Å². The summed E-state index contributed by atoms with van der Waals surface area (Å²) >= 11 is 0. The molecule has 0 bridgehead atoms. The number of methoxy groups -OCH3 is 1. The van der Waals surface area contributed by atoms with Gasteiger partial charge in [-0.1, -0.05) is 49.5 Å². The van der Waals surface area contributed by atoms with Crippen molar-refractivity contribution in [2.45, 2.75) is 88.8 Å². The molecule has 3 aromatic carbocycles. The Morgan fingerprint density at radius 1 is 0.880 bits per heavy atom. The Morgan fingerprint density at radius 2 is 1.54 bits per heavy atom. The molecular weight excluding hydrogens is 647 g/mol. The number of nitrogens with zero attached hydrogens (tertiary/aromatic N) is 3. The summed E-state index contributed by atoms with van der Waals surface area (Å²) in [6, 6.07) is 22.2. The van der Waals surface area contributed by atoms with E-state index in [0.717, 1.165) is 59.6 Å². The standard InChI is InChI=1S/C40H49N3O6Si/c1-27-38(50(3,4)32-17-15-31(48-2)16-18-32)35(20-23-44)49-40(27)33-25-30(42-22-8-6-13-37(42)46)14-19-34(33)43(39(40)47)26-28-10-9-11-29(24-28)41-21-7-5-12-36(41)45/h9-11,14-19,24-25,27,35,38,44H,5-8,12-13,20-23,26H2,1-4H3/t27-,35+,38-,40+/m0/s1. The van der Waals surface area contributed by atoms with Gasteiger partial charge in [0.1, 0.15) is 5.75 Å². The lowest BCUT2D eigenvalue weighted by Gasteiger charge is -2.37. The number of ether oxygens (including phenoxy) is 2. The fourth-order valence-electron chi connectivity index (χ4n) is 9.19. The van der Waals surface area contributed by atoms with E-state index in [1.165, 1.54) is 5.19 Å². The number of hydrogen-bond acceptors (Lipinski definition) is 6. The summed E-state index contributed by atoms with van der Waals surface area (Å²) in [5.41, 5.74) is 2.86. The first-order chi connectivity index (χ1) is 24.1. The Kier molecular flexibility index (Phi) is 9.38. The molecule has 50 heavy (non-hydrogen) atoms. The van der Waals surface area contributed by atoms with E-state index in [2.05, 4.69) is 32.2 Å². The van der Waals surface area contributed by atoms with E-state index < -0.39 is 13.7 Å². The van der Waals surface area contributed by atoms with Crippen molar-refractivity contribution in [2.24, 2.45) is 5.92 Å². The van der Waals surface area contributed by atoms with Crippen LogP contribution >= 0.6 is 0 Å². The number of fused-ring (bicyclic) bond motifs is 2. The SMILES string of the molecule is COc1ccc([Si](C)(C)[C@@H]2[C@@H](CCO)O[C@]3(C(=O)N(Cc4cccc(N5CCCCC5=O)c4)c4ccc(N5CCCCC5=O)cc43)[C@H]2C)cc1. The van der Waals surface area contributed by atoms with Gasteiger partial charge in [0.25, 0.3) is 5.91 Å².